The van der Waals surface area contributed by atoms with Crippen LogP contribution < -0.4 is 0 Å². The highest BCUT2D eigenvalue weighted by atomic mass is 16.6. The van der Waals surface area contributed by atoms with E-state index in [2.05, 4.69) is 6.58 Å². The molecule has 0 unspecified atom stereocenters. The van der Waals surface area contributed by atoms with E-state index in [0.29, 0.717) is 6.54 Å². The fraction of sp³-hybridized carbons (Fsp3) is 0.308. The third kappa shape index (κ3) is 3.80. The number of unbranched alkanes of at least 4 members (excludes halogenated alkanes) is 1. The first kappa shape index (κ1) is 14.7. The zero-order valence-corrected chi connectivity index (χ0v) is 10.7. The third-order valence-corrected chi connectivity index (χ3v) is 2.66. The van der Waals surface area contributed by atoms with Gasteiger partial charge in [0.2, 0.25) is 0 Å². The van der Waals surface area contributed by atoms with Gasteiger partial charge in [0.15, 0.2) is 0 Å². The van der Waals surface area contributed by atoms with Gasteiger partial charge >= 0.3 is 0 Å². The number of amides is 1. The summed E-state index contributed by atoms with van der Waals surface area (Å²) in [5.74, 6) is -0.653. The number of benzene rings is 1. The van der Waals surface area contributed by atoms with Crippen molar-refractivity contribution < 1.29 is 14.8 Å². The van der Waals surface area contributed by atoms with Gasteiger partial charge in [-0.15, -0.1) is 6.58 Å². The van der Waals surface area contributed by atoms with Gasteiger partial charge in [-0.2, -0.15) is 0 Å². The number of hydrogen-bond donors (Lipinski definition) is 1. The van der Waals surface area contributed by atoms with Crippen molar-refractivity contribution in [3.63, 3.8) is 0 Å². The molecule has 0 saturated heterocycles. The van der Waals surface area contributed by atoms with Crippen LogP contribution in [0.25, 0.3) is 0 Å². The summed E-state index contributed by atoms with van der Waals surface area (Å²) in [6.45, 7) is 4.05. The molecule has 0 aliphatic rings. The minimum absolute atomic E-state index is 0.105. The number of nitro benzene ring substituents is 1. The molecule has 6 nitrogen and oxygen atoms in total. The number of allylic oxidation sites excluding steroid dienone is 1. The van der Waals surface area contributed by atoms with E-state index in [1.165, 1.54) is 11.0 Å². The lowest BCUT2D eigenvalue weighted by Gasteiger charge is -2.16. The summed E-state index contributed by atoms with van der Waals surface area (Å²) >= 11 is 0. The first-order valence-electron chi connectivity index (χ1n) is 5.81. The second kappa shape index (κ2) is 6.53. The molecular weight excluding hydrogens is 248 g/mol. The molecule has 19 heavy (non-hydrogen) atoms. The van der Waals surface area contributed by atoms with Crippen LogP contribution in [0.5, 0.6) is 5.75 Å². The lowest BCUT2D eigenvalue weighted by atomic mass is 10.1. The Morgan fingerprint density at radius 1 is 1.58 bits per heavy atom. The second-order valence-corrected chi connectivity index (χ2v) is 4.12. The summed E-state index contributed by atoms with van der Waals surface area (Å²) in [5.41, 5.74) is -0.413. The molecule has 1 amide bonds. The molecule has 1 N–H and O–H groups in total. The number of nitrogens with zero attached hydrogens (tertiary/aromatic N) is 2. The van der Waals surface area contributed by atoms with E-state index in [9.17, 15) is 20.0 Å². The largest absolute Gasteiger partial charge is 0.508 e. The average Bonchev–Trinajstić information content (AvgIpc) is 2.37. The van der Waals surface area contributed by atoms with Crippen LogP contribution in [-0.4, -0.2) is 34.4 Å². The van der Waals surface area contributed by atoms with Gasteiger partial charge in [-0.25, -0.2) is 0 Å². The molecule has 0 bridgehead atoms. The first-order chi connectivity index (χ1) is 8.97. The van der Waals surface area contributed by atoms with E-state index >= 15 is 0 Å². The van der Waals surface area contributed by atoms with Crippen LogP contribution in [0.15, 0.2) is 30.9 Å². The zero-order valence-electron chi connectivity index (χ0n) is 10.7. The number of phenols is 1. The maximum atomic E-state index is 12.1. The van der Waals surface area contributed by atoms with Gasteiger partial charge in [0, 0.05) is 19.7 Å². The van der Waals surface area contributed by atoms with Crippen LogP contribution in [0.3, 0.4) is 0 Å². The molecule has 0 fully saturated rings. The molecule has 1 aromatic carbocycles. The highest BCUT2D eigenvalue weighted by Crippen LogP contribution is 2.24. The van der Waals surface area contributed by atoms with Crippen LogP contribution in [0.2, 0.25) is 0 Å². The van der Waals surface area contributed by atoms with E-state index in [0.717, 1.165) is 25.0 Å². The molecule has 1 aromatic rings. The third-order valence-electron chi connectivity index (χ3n) is 2.66. The molecule has 0 aliphatic heterocycles. The minimum Gasteiger partial charge on any atom is -0.508 e. The Kier molecular flexibility index (Phi) is 5.05. The minimum atomic E-state index is -0.635. The Balaban J connectivity index is 2.94. The molecule has 0 aromatic heterocycles. The van der Waals surface area contributed by atoms with Crippen molar-refractivity contribution in [2.24, 2.45) is 0 Å². The smallest absolute Gasteiger partial charge is 0.282 e. The van der Waals surface area contributed by atoms with E-state index in [1.54, 1.807) is 13.1 Å². The van der Waals surface area contributed by atoms with Crippen molar-refractivity contribution in [3.8, 4) is 5.75 Å². The molecule has 0 spiro atoms. The van der Waals surface area contributed by atoms with Crippen molar-refractivity contribution in [1.82, 2.24) is 4.90 Å². The molecule has 6 heteroatoms. The SMILES string of the molecule is C=CCCCN(C)C(=O)c1cc(O)ccc1[N+](=O)[O-]. The van der Waals surface area contributed by atoms with Crippen molar-refractivity contribution >= 4 is 11.6 Å². The molecule has 102 valence electrons. The van der Waals surface area contributed by atoms with Gasteiger partial charge < -0.3 is 10.0 Å². The monoisotopic (exact) mass is 264 g/mol. The number of hydrogen-bond acceptors (Lipinski definition) is 4. The molecule has 0 aliphatic carbocycles. The van der Waals surface area contributed by atoms with Crippen LogP contribution in [-0.2, 0) is 0 Å². The van der Waals surface area contributed by atoms with Gasteiger partial charge in [0.1, 0.15) is 11.3 Å². The molecule has 0 saturated carbocycles. The highest BCUT2D eigenvalue weighted by molar-refractivity contribution is 5.98. The Labute approximate surface area is 111 Å². The quantitative estimate of drug-likeness (QED) is 0.370. The van der Waals surface area contributed by atoms with Crippen molar-refractivity contribution in [3.05, 3.63) is 46.5 Å². The van der Waals surface area contributed by atoms with E-state index in [-0.39, 0.29) is 17.0 Å². The van der Waals surface area contributed by atoms with E-state index in [4.69, 9.17) is 0 Å². The Bertz CT molecular complexity index is 499. The summed E-state index contributed by atoms with van der Waals surface area (Å²) in [6, 6.07) is 3.43. The Hall–Kier alpha value is -2.37. The lowest BCUT2D eigenvalue weighted by Crippen LogP contribution is -2.28. The van der Waals surface area contributed by atoms with Crippen molar-refractivity contribution in [1.29, 1.82) is 0 Å². The molecule has 0 atom stereocenters. The zero-order chi connectivity index (χ0) is 14.4. The number of rotatable bonds is 6. The van der Waals surface area contributed by atoms with Crippen molar-refractivity contribution in [2.45, 2.75) is 12.8 Å². The molecule has 1 rings (SSSR count). The fourth-order valence-electron chi connectivity index (χ4n) is 1.63. The molecular formula is C13H16N2O4. The highest BCUT2D eigenvalue weighted by Gasteiger charge is 2.23. The van der Waals surface area contributed by atoms with Crippen LogP contribution in [0.4, 0.5) is 5.69 Å². The predicted octanol–water partition coefficient (Wildman–Crippen LogP) is 2.34. The normalized spacial score (nSPS) is 9.95. The van der Waals surface area contributed by atoms with E-state index < -0.39 is 10.8 Å². The van der Waals surface area contributed by atoms with Crippen LogP contribution in [0.1, 0.15) is 23.2 Å². The van der Waals surface area contributed by atoms with Crippen LogP contribution >= 0.6 is 0 Å². The lowest BCUT2D eigenvalue weighted by molar-refractivity contribution is -0.385. The number of carbonyl (C=O) groups excluding carboxylic acids is 1. The van der Waals surface area contributed by atoms with Gasteiger partial charge in [-0.3, -0.25) is 14.9 Å². The summed E-state index contributed by atoms with van der Waals surface area (Å²) in [5, 5.41) is 20.2. The number of carbonyl (C=O) groups is 1. The standard InChI is InChI=1S/C13H16N2O4/c1-3-4-5-8-14(2)13(17)11-9-10(16)6-7-12(11)15(18)19/h3,6-7,9,16H,1,4-5,8H2,2H3. The Morgan fingerprint density at radius 3 is 2.84 bits per heavy atom. The van der Waals surface area contributed by atoms with Crippen LogP contribution in [0, 0.1) is 10.1 Å². The Morgan fingerprint density at radius 2 is 2.26 bits per heavy atom. The topological polar surface area (TPSA) is 83.7 Å². The summed E-state index contributed by atoms with van der Waals surface area (Å²) in [4.78, 5) is 23.7. The number of phenolic OH excluding ortho intramolecular Hbond substituents is 1. The summed E-state index contributed by atoms with van der Waals surface area (Å²) in [6.07, 6.45) is 3.24. The fourth-order valence-corrected chi connectivity index (χ4v) is 1.63. The van der Waals surface area contributed by atoms with Gasteiger partial charge in [0.05, 0.1) is 4.92 Å². The van der Waals surface area contributed by atoms with Crippen molar-refractivity contribution in [2.75, 3.05) is 13.6 Å². The average molecular weight is 264 g/mol. The maximum Gasteiger partial charge on any atom is 0.282 e. The van der Waals surface area contributed by atoms with Gasteiger partial charge in [-0.1, -0.05) is 6.08 Å². The predicted molar refractivity (Wildman–Crippen MR) is 71.2 cm³/mol. The van der Waals surface area contributed by atoms with Gasteiger partial charge in [0.25, 0.3) is 11.6 Å². The first-order valence-corrected chi connectivity index (χ1v) is 5.81. The van der Waals surface area contributed by atoms with E-state index in [1.807, 2.05) is 0 Å². The summed E-state index contributed by atoms with van der Waals surface area (Å²) in [7, 11) is 1.57. The maximum absolute atomic E-state index is 12.1. The number of nitro groups is 1. The summed E-state index contributed by atoms with van der Waals surface area (Å²) < 4.78 is 0. The number of aromatic hydroxyl groups is 1. The molecule has 0 heterocycles. The van der Waals surface area contributed by atoms with Gasteiger partial charge in [-0.05, 0) is 25.0 Å². The second-order valence-electron chi connectivity index (χ2n) is 4.12. The molecule has 0 radical (unpaired) electrons.